The Morgan fingerprint density at radius 1 is 1.09 bits per heavy atom. The highest BCUT2D eigenvalue weighted by molar-refractivity contribution is 5.97. The number of H-pyrrole nitrogens is 1. The van der Waals surface area contributed by atoms with Crippen molar-refractivity contribution in [3.8, 4) is 11.3 Å². The van der Waals surface area contributed by atoms with Crippen molar-refractivity contribution in [2.75, 3.05) is 36.4 Å². The number of likely N-dealkylation sites (tertiary alicyclic amines) is 1. The highest BCUT2D eigenvalue weighted by atomic mass is 19.4. The van der Waals surface area contributed by atoms with Crippen molar-refractivity contribution >= 4 is 34.6 Å². The number of hydrogen-bond acceptors (Lipinski definition) is 7. The number of anilines is 2. The lowest BCUT2D eigenvalue weighted by molar-refractivity contribution is -0.142. The van der Waals surface area contributed by atoms with Crippen LogP contribution < -0.4 is 10.2 Å². The van der Waals surface area contributed by atoms with Gasteiger partial charge < -0.3 is 29.9 Å². The van der Waals surface area contributed by atoms with E-state index in [1.807, 2.05) is 12.1 Å². The number of carbonyl (C=O) groups is 2. The first-order valence-electron chi connectivity index (χ1n) is 14.6. The minimum Gasteiger partial charge on any atom is -0.481 e. The van der Waals surface area contributed by atoms with Crippen molar-refractivity contribution in [2.45, 2.75) is 70.7 Å². The molecular weight excluding hydrogens is 565 g/mol. The standard InChI is InChI=1S/C30H37F3N6O4/c1-29(2,3)43-28(42)39-11-5-4-6-19(17-39)36-27-35-16-23(30(31,32)33)25(37-27)22-15-34-24-14-20(7-8-21(22)24)38-12-9-18(10-13-38)26(40)41/h7-8,14-16,18-19,34H,4-6,9-13,17H2,1-3H3,(H,40,41)(H,35,36,37)/t19-/m0/s1. The number of amides is 1. The van der Waals surface area contributed by atoms with Crippen LogP contribution in [0.25, 0.3) is 22.2 Å². The van der Waals surface area contributed by atoms with Gasteiger partial charge in [-0.05, 0) is 65.0 Å². The van der Waals surface area contributed by atoms with Gasteiger partial charge in [0.2, 0.25) is 5.95 Å². The van der Waals surface area contributed by atoms with Crippen LogP contribution in [0.1, 0.15) is 58.4 Å². The summed E-state index contributed by atoms with van der Waals surface area (Å²) in [7, 11) is 0. The van der Waals surface area contributed by atoms with Crippen LogP contribution in [0.2, 0.25) is 0 Å². The number of piperidine rings is 1. The number of nitrogens with one attached hydrogen (secondary N) is 2. The number of carbonyl (C=O) groups excluding carboxylic acids is 1. The van der Waals surface area contributed by atoms with Gasteiger partial charge in [-0.2, -0.15) is 13.2 Å². The molecule has 13 heteroatoms. The van der Waals surface area contributed by atoms with Gasteiger partial charge >= 0.3 is 18.2 Å². The molecule has 1 amide bonds. The maximum atomic E-state index is 14.1. The number of hydrogen-bond donors (Lipinski definition) is 3. The minimum atomic E-state index is -4.68. The summed E-state index contributed by atoms with van der Waals surface area (Å²) in [5.74, 6) is -1.11. The first-order valence-corrected chi connectivity index (χ1v) is 14.6. The molecule has 2 aromatic heterocycles. The third kappa shape index (κ3) is 7.14. The fourth-order valence-corrected chi connectivity index (χ4v) is 5.69. The van der Waals surface area contributed by atoms with Crippen molar-refractivity contribution in [2.24, 2.45) is 5.92 Å². The predicted molar refractivity (Wildman–Crippen MR) is 156 cm³/mol. The number of carboxylic acid groups (broad SMARTS) is 1. The molecule has 0 saturated carbocycles. The highest BCUT2D eigenvalue weighted by Gasteiger charge is 2.36. The number of ether oxygens (including phenoxy) is 1. The molecule has 2 aliphatic rings. The van der Waals surface area contributed by atoms with E-state index in [4.69, 9.17) is 4.74 Å². The predicted octanol–water partition coefficient (Wildman–Crippen LogP) is 6.15. The van der Waals surface area contributed by atoms with E-state index in [1.165, 1.54) is 6.20 Å². The van der Waals surface area contributed by atoms with Gasteiger partial charge in [0, 0.05) is 66.8 Å². The molecular formula is C30H37F3N6O4. The molecule has 10 nitrogen and oxygen atoms in total. The van der Waals surface area contributed by atoms with Crippen LogP contribution in [0.15, 0.2) is 30.6 Å². The van der Waals surface area contributed by atoms with Crippen LogP contribution in [0.5, 0.6) is 0 Å². The molecule has 5 rings (SSSR count). The number of carboxylic acids is 1. The van der Waals surface area contributed by atoms with E-state index in [-0.39, 0.29) is 23.6 Å². The van der Waals surface area contributed by atoms with Crippen molar-refractivity contribution < 1.29 is 32.6 Å². The fourth-order valence-electron chi connectivity index (χ4n) is 5.69. The summed E-state index contributed by atoms with van der Waals surface area (Å²) in [5.41, 5.74) is -0.0339. The quantitative estimate of drug-likeness (QED) is 0.318. The van der Waals surface area contributed by atoms with Crippen LogP contribution >= 0.6 is 0 Å². The molecule has 232 valence electrons. The average molecular weight is 603 g/mol. The number of alkyl halides is 3. The van der Waals surface area contributed by atoms with Crippen LogP contribution in [0.4, 0.5) is 29.6 Å². The van der Waals surface area contributed by atoms with Crippen LogP contribution in [0, 0.1) is 5.92 Å². The zero-order valence-corrected chi connectivity index (χ0v) is 24.5. The third-order valence-corrected chi connectivity index (χ3v) is 7.88. The summed E-state index contributed by atoms with van der Waals surface area (Å²) in [6, 6.07) is 5.20. The Morgan fingerprint density at radius 3 is 2.51 bits per heavy atom. The molecule has 1 aromatic carbocycles. The van der Waals surface area contributed by atoms with E-state index < -0.39 is 29.4 Å². The van der Waals surface area contributed by atoms with Gasteiger partial charge in [0.15, 0.2) is 0 Å². The number of fused-ring (bicyclic) bond motifs is 1. The number of rotatable bonds is 5. The lowest BCUT2D eigenvalue weighted by Crippen LogP contribution is -2.42. The molecule has 43 heavy (non-hydrogen) atoms. The number of aliphatic carboxylic acids is 1. The van der Waals surface area contributed by atoms with E-state index in [2.05, 4.69) is 25.2 Å². The average Bonchev–Trinajstić information content (AvgIpc) is 3.21. The second-order valence-electron chi connectivity index (χ2n) is 12.2. The zero-order chi connectivity index (χ0) is 30.9. The van der Waals surface area contributed by atoms with Crippen molar-refractivity contribution in [3.05, 3.63) is 36.2 Å². The Labute approximate surface area is 247 Å². The number of nitrogens with zero attached hydrogens (tertiary/aromatic N) is 4. The van der Waals surface area contributed by atoms with Gasteiger partial charge in [-0.15, -0.1) is 0 Å². The van der Waals surface area contributed by atoms with Gasteiger partial charge in [0.1, 0.15) is 11.2 Å². The lowest BCUT2D eigenvalue weighted by Gasteiger charge is -2.32. The minimum absolute atomic E-state index is 0.0475. The zero-order valence-electron chi connectivity index (χ0n) is 24.5. The molecule has 1 atom stereocenters. The van der Waals surface area contributed by atoms with Gasteiger partial charge in [-0.3, -0.25) is 4.79 Å². The summed E-state index contributed by atoms with van der Waals surface area (Å²) in [6.07, 6.45) is 0.570. The molecule has 0 spiro atoms. The first-order chi connectivity index (χ1) is 20.3. The van der Waals surface area contributed by atoms with Gasteiger partial charge in [-0.25, -0.2) is 14.8 Å². The fraction of sp³-hybridized carbons (Fsp3) is 0.533. The number of aromatic amines is 1. The Morgan fingerprint density at radius 2 is 1.84 bits per heavy atom. The second kappa shape index (κ2) is 11.9. The van der Waals surface area contributed by atoms with Gasteiger partial charge in [0.25, 0.3) is 0 Å². The Bertz CT molecular complexity index is 1480. The normalized spacial score (nSPS) is 18.9. The lowest BCUT2D eigenvalue weighted by atomic mass is 9.96. The SMILES string of the molecule is CC(C)(C)OC(=O)N1CCCC[C@H](Nc2ncc(C(F)(F)F)c(-c3c[nH]c4cc(N5CCC(C(=O)O)CC5)ccc34)n2)C1. The summed E-state index contributed by atoms with van der Waals surface area (Å²) in [4.78, 5) is 39.2. The summed E-state index contributed by atoms with van der Waals surface area (Å²) in [6.45, 7) is 7.40. The maximum Gasteiger partial charge on any atom is 0.419 e. The Hall–Kier alpha value is -4.03. The molecule has 2 saturated heterocycles. The molecule has 3 aromatic rings. The molecule has 0 unspecified atom stereocenters. The van der Waals surface area contributed by atoms with Crippen LogP contribution in [-0.2, 0) is 15.7 Å². The van der Waals surface area contributed by atoms with E-state index in [0.717, 1.165) is 24.7 Å². The third-order valence-electron chi connectivity index (χ3n) is 7.88. The topological polar surface area (TPSA) is 124 Å². The Balaban J connectivity index is 1.40. The molecule has 3 N–H and O–H groups in total. The van der Waals surface area contributed by atoms with E-state index in [1.54, 1.807) is 31.7 Å². The molecule has 2 aliphatic heterocycles. The highest BCUT2D eigenvalue weighted by Crippen LogP contribution is 2.39. The molecule has 0 aliphatic carbocycles. The summed E-state index contributed by atoms with van der Waals surface area (Å²) < 4.78 is 47.9. The second-order valence-corrected chi connectivity index (χ2v) is 12.2. The number of benzene rings is 1. The van der Waals surface area contributed by atoms with Gasteiger partial charge in [-0.1, -0.05) is 6.07 Å². The van der Waals surface area contributed by atoms with Crippen LogP contribution in [-0.4, -0.2) is 74.8 Å². The molecule has 0 bridgehead atoms. The van der Waals surface area contributed by atoms with Crippen LogP contribution in [0.3, 0.4) is 0 Å². The van der Waals surface area contributed by atoms with E-state index >= 15 is 0 Å². The number of halogens is 3. The summed E-state index contributed by atoms with van der Waals surface area (Å²) in [5, 5.41) is 13.0. The Kier molecular flexibility index (Phi) is 8.44. The van der Waals surface area contributed by atoms with Crippen molar-refractivity contribution in [3.63, 3.8) is 0 Å². The van der Waals surface area contributed by atoms with Gasteiger partial charge in [0.05, 0.1) is 11.6 Å². The molecule has 0 radical (unpaired) electrons. The monoisotopic (exact) mass is 602 g/mol. The first kappa shape index (κ1) is 30.4. The molecule has 4 heterocycles. The molecule has 2 fully saturated rings. The van der Waals surface area contributed by atoms with E-state index in [9.17, 15) is 27.9 Å². The summed E-state index contributed by atoms with van der Waals surface area (Å²) >= 11 is 0. The van der Waals surface area contributed by atoms with E-state index in [0.29, 0.717) is 61.9 Å². The largest absolute Gasteiger partial charge is 0.481 e. The number of aromatic nitrogens is 3. The van der Waals surface area contributed by atoms with Crippen molar-refractivity contribution in [1.82, 2.24) is 19.9 Å². The maximum absolute atomic E-state index is 14.1. The van der Waals surface area contributed by atoms with Crippen molar-refractivity contribution in [1.29, 1.82) is 0 Å². The smallest absolute Gasteiger partial charge is 0.419 e.